The monoisotopic (exact) mass is 245 g/mol. The molecule has 3 rings (SSSR count). The number of ketones is 1. The maximum atomic E-state index is 12.1. The highest BCUT2D eigenvalue weighted by molar-refractivity contribution is 5.87. The largest absolute Gasteiger partial charge is 0.299 e. The zero-order chi connectivity index (χ0) is 12.7. The molecule has 0 radical (unpaired) electrons. The van der Waals surface area contributed by atoms with Crippen molar-refractivity contribution in [3.05, 3.63) is 39.9 Å². The molecule has 1 aromatic carbocycles. The average molecular weight is 245 g/mol. The van der Waals surface area contributed by atoms with Crippen molar-refractivity contribution < 1.29 is 9.72 Å². The minimum absolute atomic E-state index is 0.0664. The van der Waals surface area contributed by atoms with Crippen molar-refractivity contribution in [1.29, 1.82) is 0 Å². The van der Waals surface area contributed by atoms with E-state index < -0.39 is 4.92 Å². The van der Waals surface area contributed by atoms with Gasteiger partial charge in [-0.25, -0.2) is 0 Å². The Bertz CT molecular complexity index is 502. The Balaban J connectivity index is 1.73. The molecule has 0 spiro atoms. The van der Waals surface area contributed by atoms with Gasteiger partial charge in [0.25, 0.3) is 5.69 Å². The molecule has 4 heteroatoms. The minimum Gasteiger partial charge on any atom is -0.299 e. The number of hydrogen-bond acceptors (Lipinski definition) is 3. The summed E-state index contributed by atoms with van der Waals surface area (Å²) >= 11 is 0. The summed E-state index contributed by atoms with van der Waals surface area (Å²) < 4.78 is 0. The Hall–Kier alpha value is -1.71. The van der Waals surface area contributed by atoms with Gasteiger partial charge in [0.05, 0.1) is 4.92 Å². The fourth-order valence-electron chi connectivity index (χ4n) is 3.44. The van der Waals surface area contributed by atoms with Gasteiger partial charge in [-0.2, -0.15) is 0 Å². The van der Waals surface area contributed by atoms with Crippen molar-refractivity contribution in [2.45, 2.75) is 25.7 Å². The molecule has 0 aliphatic heterocycles. The highest BCUT2D eigenvalue weighted by atomic mass is 16.6. The Morgan fingerprint density at radius 2 is 1.94 bits per heavy atom. The van der Waals surface area contributed by atoms with Crippen molar-refractivity contribution in [3.8, 4) is 0 Å². The topological polar surface area (TPSA) is 60.2 Å². The van der Waals surface area contributed by atoms with Crippen LogP contribution in [0.4, 0.5) is 5.69 Å². The summed E-state index contributed by atoms with van der Waals surface area (Å²) in [6.45, 7) is 0. The number of nitrogens with zero attached hydrogens (tertiary/aromatic N) is 1. The van der Waals surface area contributed by atoms with Gasteiger partial charge in [0, 0.05) is 24.0 Å². The van der Waals surface area contributed by atoms with Crippen LogP contribution in [-0.2, 0) is 11.2 Å². The van der Waals surface area contributed by atoms with E-state index in [0.717, 1.165) is 12.8 Å². The number of Topliss-reactive ketones (excluding diaryl/α,β-unsaturated/α-hetero) is 1. The molecular formula is C14H15NO3. The van der Waals surface area contributed by atoms with Crippen LogP contribution in [0.1, 0.15) is 24.8 Å². The van der Waals surface area contributed by atoms with E-state index in [1.165, 1.54) is 12.5 Å². The van der Waals surface area contributed by atoms with E-state index in [-0.39, 0.29) is 23.8 Å². The number of carbonyl (C=O) groups excluding carboxylic acids is 1. The quantitative estimate of drug-likeness (QED) is 0.605. The van der Waals surface area contributed by atoms with Gasteiger partial charge in [0.1, 0.15) is 5.78 Å². The Labute approximate surface area is 105 Å². The fourth-order valence-corrected chi connectivity index (χ4v) is 3.44. The number of nitro benzene ring substituents is 1. The SMILES string of the molecule is O=C(Cc1ccccc1[N+](=O)[O-])C1C2CCCC21. The van der Waals surface area contributed by atoms with Gasteiger partial charge in [-0.15, -0.1) is 0 Å². The van der Waals surface area contributed by atoms with E-state index in [0.29, 0.717) is 17.4 Å². The van der Waals surface area contributed by atoms with Crippen LogP contribution < -0.4 is 0 Å². The zero-order valence-corrected chi connectivity index (χ0v) is 10.0. The molecule has 2 aliphatic rings. The number of rotatable bonds is 4. The third-order valence-corrected chi connectivity index (χ3v) is 4.33. The second-order valence-electron chi connectivity index (χ2n) is 5.31. The Kier molecular flexibility index (Phi) is 2.65. The van der Waals surface area contributed by atoms with Gasteiger partial charge in [0.2, 0.25) is 0 Å². The highest BCUT2D eigenvalue weighted by Gasteiger charge is 2.55. The van der Waals surface area contributed by atoms with Crippen LogP contribution in [0.15, 0.2) is 24.3 Å². The summed E-state index contributed by atoms with van der Waals surface area (Å²) in [6, 6.07) is 6.55. The summed E-state index contributed by atoms with van der Waals surface area (Å²) in [7, 11) is 0. The van der Waals surface area contributed by atoms with Crippen LogP contribution in [0.2, 0.25) is 0 Å². The van der Waals surface area contributed by atoms with Gasteiger partial charge in [-0.05, 0) is 24.7 Å². The van der Waals surface area contributed by atoms with Crippen molar-refractivity contribution in [3.63, 3.8) is 0 Å². The Morgan fingerprint density at radius 3 is 2.61 bits per heavy atom. The first kappa shape index (κ1) is 11.4. The standard InChI is InChI=1S/C14H15NO3/c16-13(14-10-5-3-6-11(10)14)8-9-4-1-2-7-12(9)15(17)18/h1-2,4,7,10-11,14H,3,5-6,8H2. The van der Waals surface area contributed by atoms with Crippen LogP contribution >= 0.6 is 0 Å². The van der Waals surface area contributed by atoms with Crippen molar-refractivity contribution in [1.82, 2.24) is 0 Å². The molecule has 1 aromatic rings. The maximum Gasteiger partial charge on any atom is 0.273 e. The lowest BCUT2D eigenvalue weighted by Gasteiger charge is -2.04. The molecule has 0 heterocycles. The molecule has 2 aliphatic carbocycles. The molecule has 94 valence electrons. The van der Waals surface area contributed by atoms with E-state index in [1.807, 2.05) is 0 Å². The van der Waals surface area contributed by atoms with E-state index in [9.17, 15) is 14.9 Å². The number of carbonyl (C=O) groups is 1. The molecule has 4 nitrogen and oxygen atoms in total. The summed E-state index contributed by atoms with van der Waals surface area (Å²) in [5.74, 6) is 1.55. The first-order valence-corrected chi connectivity index (χ1v) is 6.43. The lowest BCUT2D eigenvalue weighted by Crippen LogP contribution is -2.10. The molecule has 0 saturated heterocycles. The first-order chi connectivity index (χ1) is 8.68. The van der Waals surface area contributed by atoms with Crippen LogP contribution in [0.5, 0.6) is 0 Å². The molecule has 2 fully saturated rings. The van der Waals surface area contributed by atoms with Gasteiger partial charge >= 0.3 is 0 Å². The van der Waals surface area contributed by atoms with Gasteiger partial charge < -0.3 is 0 Å². The molecule has 2 saturated carbocycles. The fraction of sp³-hybridized carbons (Fsp3) is 0.500. The third-order valence-electron chi connectivity index (χ3n) is 4.33. The van der Waals surface area contributed by atoms with E-state index in [2.05, 4.69) is 0 Å². The highest BCUT2D eigenvalue weighted by Crippen LogP contribution is 2.58. The lowest BCUT2D eigenvalue weighted by atomic mass is 10.0. The van der Waals surface area contributed by atoms with Gasteiger partial charge in [-0.1, -0.05) is 24.6 Å². The summed E-state index contributed by atoms with van der Waals surface area (Å²) in [4.78, 5) is 22.6. The predicted octanol–water partition coefficient (Wildman–Crippen LogP) is 2.75. The van der Waals surface area contributed by atoms with Crippen molar-refractivity contribution in [2.24, 2.45) is 17.8 Å². The first-order valence-electron chi connectivity index (χ1n) is 6.43. The summed E-state index contributed by atoms with van der Waals surface area (Å²) in [5, 5.41) is 10.9. The van der Waals surface area contributed by atoms with Crippen LogP contribution in [-0.4, -0.2) is 10.7 Å². The smallest absolute Gasteiger partial charge is 0.273 e. The molecule has 0 aromatic heterocycles. The van der Waals surface area contributed by atoms with Crippen LogP contribution in [0.3, 0.4) is 0 Å². The van der Waals surface area contributed by atoms with Gasteiger partial charge in [-0.3, -0.25) is 14.9 Å². The lowest BCUT2D eigenvalue weighted by molar-refractivity contribution is -0.385. The number of para-hydroxylation sites is 1. The molecule has 0 bridgehead atoms. The maximum absolute atomic E-state index is 12.1. The Morgan fingerprint density at radius 1 is 1.28 bits per heavy atom. The second kappa shape index (κ2) is 4.19. The number of benzene rings is 1. The average Bonchev–Trinajstić information content (AvgIpc) is 2.84. The normalized spacial score (nSPS) is 28.8. The van der Waals surface area contributed by atoms with Crippen molar-refractivity contribution in [2.75, 3.05) is 0 Å². The summed E-state index contributed by atoms with van der Waals surface area (Å²) in [6.07, 6.45) is 3.79. The zero-order valence-electron chi connectivity index (χ0n) is 10.0. The molecular weight excluding hydrogens is 230 g/mol. The van der Waals surface area contributed by atoms with Gasteiger partial charge in [0.15, 0.2) is 0 Å². The molecule has 0 N–H and O–H groups in total. The summed E-state index contributed by atoms with van der Waals surface area (Å²) in [5.41, 5.74) is 0.620. The number of hydrogen-bond donors (Lipinski definition) is 0. The molecule has 0 amide bonds. The molecule has 2 atom stereocenters. The molecule has 18 heavy (non-hydrogen) atoms. The van der Waals surface area contributed by atoms with E-state index >= 15 is 0 Å². The second-order valence-corrected chi connectivity index (χ2v) is 5.31. The van der Waals surface area contributed by atoms with E-state index in [1.54, 1.807) is 18.2 Å². The van der Waals surface area contributed by atoms with Crippen LogP contribution in [0, 0.1) is 27.9 Å². The van der Waals surface area contributed by atoms with E-state index in [4.69, 9.17) is 0 Å². The number of nitro groups is 1. The minimum atomic E-state index is -0.406. The van der Waals surface area contributed by atoms with Crippen molar-refractivity contribution >= 4 is 11.5 Å². The predicted molar refractivity (Wildman–Crippen MR) is 66.1 cm³/mol. The van der Waals surface area contributed by atoms with Crippen LogP contribution in [0.25, 0.3) is 0 Å². The third kappa shape index (κ3) is 1.82. The molecule has 2 unspecified atom stereocenters. The number of fused-ring (bicyclic) bond motifs is 1.